The number of benzene rings is 1. The average Bonchev–Trinajstić information content (AvgIpc) is 2.84. The molecule has 1 aromatic carbocycles. The summed E-state index contributed by atoms with van der Waals surface area (Å²) in [7, 11) is 3.12. The van der Waals surface area contributed by atoms with E-state index >= 15 is 0 Å². The highest BCUT2D eigenvalue weighted by molar-refractivity contribution is 5.96. The van der Waals surface area contributed by atoms with Crippen molar-refractivity contribution in [2.45, 2.75) is 64.7 Å². The number of aliphatic hydroxyl groups is 1. The number of nitrogens with two attached hydrogens (primary N) is 1. The Labute approximate surface area is 222 Å². The van der Waals surface area contributed by atoms with Crippen LogP contribution in [0.4, 0.5) is 0 Å². The van der Waals surface area contributed by atoms with Gasteiger partial charge in [-0.05, 0) is 57.1 Å². The first-order valence-corrected chi connectivity index (χ1v) is 12.3. The Kier molecular flexibility index (Phi) is 16.6. The highest BCUT2D eigenvalue weighted by Crippen LogP contribution is 2.20. The molecule has 0 aliphatic heterocycles. The Hall–Kier alpha value is -1.91. The average molecular weight is 532 g/mol. The fourth-order valence-corrected chi connectivity index (χ4v) is 3.38. The van der Waals surface area contributed by atoms with Crippen molar-refractivity contribution in [3.8, 4) is 5.75 Å². The fourth-order valence-electron chi connectivity index (χ4n) is 3.38. The summed E-state index contributed by atoms with van der Waals surface area (Å²) in [6, 6.07) is 6.61. The second-order valence-corrected chi connectivity index (χ2v) is 9.65. The van der Waals surface area contributed by atoms with Crippen LogP contribution in [0.2, 0.25) is 0 Å². The van der Waals surface area contributed by atoms with Crippen molar-refractivity contribution in [2.24, 2.45) is 17.6 Å². The molecule has 0 unspecified atom stereocenters. The Bertz CT molecular complexity index is 778. The van der Waals surface area contributed by atoms with Crippen LogP contribution in [0.1, 0.15) is 57.3 Å². The van der Waals surface area contributed by atoms with Gasteiger partial charge in [-0.25, -0.2) is 0 Å². The van der Waals surface area contributed by atoms with Crippen LogP contribution < -0.4 is 21.1 Å². The molecule has 10 heteroatoms. The van der Waals surface area contributed by atoms with Crippen molar-refractivity contribution < 1.29 is 28.9 Å². The molecule has 36 heavy (non-hydrogen) atoms. The molecular weight excluding hydrogens is 486 g/mol. The highest BCUT2D eigenvalue weighted by atomic mass is 35.5. The second-order valence-electron chi connectivity index (χ2n) is 9.65. The summed E-state index contributed by atoms with van der Waals surface area (Å²) >= 11 is 0. The summed E-state index contributed by atoms with van der Waals surface area (Å²) < 4.78 is 16.0. The van der Waals surface area contributed by atoms with Gasteiger partial charge in [-0.1, -0.05) is 26.0 Å². The van der Waals surface area contributed by atoms with E-state index in [1.165, 1.54) is 7.11 Å². The molecule has 5 N–H and O–H groups in total. The maximum atomic E-state index is 12.9. The molecule has 3 atom stereocenters. The third-order valence-electron chi connectivity index (χ3n) is 6.20. The predicted molar refractivity (Wildman–Crippen MR) is 144 cm³/mol. The molecule has 0 radical (unpaired) electrons. The topological polar surface area (TPSA) is 132 Å². The summed E-state index contributed by atoms with van der Waals surface area (Å²) in [6.45, 7) is 9.02. The summed E-state index contributed by atoms with van der Waals surface area (Å²) in [5, 5.41) is 16.1. The van der Waals surface area contributed by atoms with Gasteiger partial charge >= 0.3 is 0 Å². The fraction of sp³-hybridized carbons (Fsp3) is 0.692. The molecule has 1 rings (SSSR count). The summed E-state index contributed by atoms with van der Waals surface area (Å²) in [5.74, 6) is 0.273. The molecule has 1 aromatic rings. The minimum absolute atomic E-state index is 0. The second kappa shape index (κ2) is 17.5. The number of para-hydroxylation sites is 1. The lowest BCUT2D eigenvalue weighted by Gasteiger charge is -2.28. The van der Waals surface area contributed by atoms with E-state index in [1.807, 2.05) is 6.07 Å². The molecule has 0 aromatic heterocycles. The van der Waals surface area contributed by atoms with Gasteiger partial charge < -0.3 is 35.7 Å². The molecule has 0 heterocycles. The number of methoxy groups -OCH3 is 2. The molecular formula is C26H46ClN3O6. The van der Waals surface area contributed by atoms with E-state index in [9.17, 15) is 14.7 Å². The zero-order chi connectivity index (χ0) is 26.4. The molecule has 0 aliphatic carbocycles. The van der Waals surface area contributed by atoms with Gasteiger partial charge in [0.05, 0.1) is 18.3 Å². The summed E-state index contributed by atoms with van der Waals surface area (Å²) in [6.07, 6.45) is 1.29. The van der Waals surface area contributed by atoms with Gasteiger partial charge in [0.2, 0.25) is 0 Å². The van der Waals surface area contributed by atoms with Crippen molar-refractivity contribution in [1.82, 2.24) is 10.6 Å². The number of ether oxygens (including phenoxy) is 3. The van der Waals surface area contributed by atoms with E-state index in [4.69, 9.17) is 19.9 Å². The number of nitrogens with one attached hydrogen (secondary N) is 2. The first kappa shape index (κ1) is 34.1. The zero-order valence-corrected chi connectivity index (χ0v) is 23.4. The number of amides is 2. The number of hydrogen-bond donors (Lipinski definition) is 4. The lowest BCUT2D eigenvalue weighted by atomic mass is 9.87. The molecule has 0 spiro atoms. The number of carbonyl (C=O) groups is 2. The molecule has 0 saturated carbocycles. The Morgan fingerprint density at radius 3 is 2.31 bits per heavy atom. The standard InChI is InChI=1S/C26H45N3O6.ClH/c1-18(2)19(15-21(27)22(30)17-29-25(32)26(3,4)34-6)16-28-24(31)20-11-7-8-12-23(20)35-14-10-9-13-33-5;/h7-8,11-12,18-19,21-22,30H,9-10,13-17,27H2,1-6H3,(H,28,31)(H,29,32);1H/t19-,21+,22+;/m1./s1. The van der Waals surface area contributed by atoms with E-state index < -0.39 is 17.7 Å². The van der Waals surface area contributed by atoms with Crippen LogP contribution in [0.25, 0.3) is 0 Å². The van der Waals surface area contributed by atoms with Crippen molar-refractivity contribution in [2.75, 3.05) is 40.5 Å². The van der Waals surface area contributed by atoms with Gasteiger partial charge in [0.25, 0.3) is 11.8 Å². The molecule has 0 saturated heterocycles. The van der Waals surface area contributed by atoms with E-state index in [1.54, 1.807) is 39.2 Å². The van der Waals surface area contributed by atoms with Crippen molar-refractivity contribution >= 4 is 24.2 Å². The van der Waals surface area contributed by atoms with E-state index in [-0.39, 0.29) is 42.6 Å². The van der Waals surface area contributed by atoms with Gasteiger partial charge in [-0.3, -0.25) is 9.59 Å². The van der Waals surface area contributed by atoms with Crippen LogP contribution in [0.3, 0.4) is 0 Å². The number of hydrogen-bond acceptors (Lipinski definition) is 7. The van der Waals surface area contributed by atoms with Crippen molar-refractivity contribution in [3.63, 3.8) is 0 Å². The number of rotatable bonds is 17. The van der Waals surface area contributed by atoms with Crippen molar-refractivity contribution in [1.29, 1.82) is 0 Å². The van der Waals surface area contributed by atoms with Gasteiger partial charge in [0.1, 0.15) is 11.4 Å². The van der Waals surface area contributed by atoms with Gasteiger partial charge in [-0.2, -0.15) is 0 Å². The van der Waals surface area contributed by atoms with E-state index in [0.717, 1.165) is 12.8 Å². The third kappa shape index (κ3) is 11.9. The van der Waals surface area contributed by atoms with Crippen LogP contribution >= 0.6 is 12.4 Å². The van der Waals surface area contributed by atoms with Gasteiger partial charge in [0.15, 0.2) is 0 Å². The SMILES string of the molecule is COCCCCOc1ccccc1C(=O)NC[C@@H](C[C@H](N)[C@@H](O)CNC(=O)C(C)(C)OC)C(C)C.Cl. The Morgan fingerprint density at radius 2 is 1.69 bits per heavy atom. The van der Waals surface area contributed by atoms with Gasteiger partial charge in [0, 0.05) is 40.0 Å². The number of unbranched alkanes of at least 4 members (excludes halogenated alkanes) is 1. The number of carbonyl (C=O) groups excluding carboxylic acids is 2. The third-order valence-corrected chi connectivity index (χ3v) is 6.20. The monoisotopic (exact) mass is 531 g/mol. The molecule has 0 fully saturated rings. The van der Waals surface area contributed by atoms with Crippen LogP contribution in [0, 0.1) is 11.8 Å². The van der Waals surface area contributed by atoms with E-state index in [2.05, 4.69) is 24.5 Å². The number of halogens is 1. The Morgan fingerprint density at radius 1 is 1.06 bits per heavy atom. The quantitative estimate of drug-likeness (QED) is 0.227. The smallest absolute Gasteiger partial charge is 0.255 e. The summed E-state index contributed by atoms with van der Waals surface area (Å²) in [5.41, 5.74) is 5.73. The molecule has 0 bridgehead atoms. The normalized spacial score (nSPS) is 13.9. The number of aliphatic hydroxyl groups excluding tert-OH is 1. The van der Waals surface area contributed by atoms with Crippen LogP contribution in [-0.4, -0.2) is 75.2 Å². The van der Waals surface area contributed by atoms with Crippen molar-refractivity contribution in [3.05, 3.63) is 29.8 Å². The first-order valence-electron chi connectivity index (χ1n) is 12.3. The predicted octanol–water partition coefficient (Wildman–Crippen LogP) is 2.54. The zero-order valence-electron chi connectivity index (χ0n) is 22.5. The lowest BCUT2D eigenvalue weighted by molar-refractivity contribution is -0.140. The van der Waals surface area contributed by atoms with Crippen LogP contribution in [-0.2, 0) is 14.3 Å². The largest absolute Gasteiger partial charge is 0.493 e. The Balaban J connectivity index is 0.0000122. The molecule has 0 aliphatic rings. The molecule has 208 valence electrons. The lowest BCUT2D eigenvalue weighted by Crippen LogP contribution is -2.50. The minimum atomic E-state index is -0.988. The van der Waals surface area contributed by atoms with Crippen LogP contribution in [0.15, 0.2) is 24.3 Å². The first-order chi connectivity index (χ1) is 16.5. The maximum Gasteiger partial charge on any atom is 0.255 e. The van der Waals surface area contributed by atoms with E-state index in [0.29, 0.717) is 37.5 Å². The maximum absolute atomic E-state index is 12.9. The molecule has 2 amide bonds. The summed E-state index contributed by atoms with van der Waals surface area (Å²) in [4.78, 5) is 25.1. The van der Waals surface area contributed by atoms with Gasteiger partial charge in [-0.15, -0.1) is 12.4 Å². The van der Waals surface area contributed by atoms with Crippen LogP contribution in [0.5, 0.6) is 5.75 Å². The molecule has 9 nitrogen and oxygen atoms in total. The minimum Gasteiger partial charge on any atom is -0.493 e. The highest BCUT2D eigenvalue weighted by Gasteiger charge is 2.29.